The second-order valence-electron chi connectivity index (χ2n) is 7.91. The molecule has 0 radical (unpaired) electrons. The number of pyridine rings is 1. The molecule has 0 aliphatic rings. The standard InChI is InChI=1S/C25H31N5/c1-3-5-11-22-29-23-24(20-9-7-8-10-21(20)28-25(23)26)30(22)17-18-12-14-19(15-13-18)27-16-6-4-2/h7-10,12-15,27H,3-6,11,16-17H2,1-2H3,(H2,26,28). The number of benzene rings is 2. The van der Waals surface area contributed by atoms with Gasteiger partial charge in [0.05, 0.1) is 11.0 Å². The van der Waals surface area contributed by atoms with Gasteiger partial charge in [0, 0.05) is 30.6 Å². The summed E-state index contributed by atoms with van der Waals surface area (Å²) in [6.45, 7) is 6.21. The Kier molecular flexibility index (Phi) is 6.17. The highest BCUT2D eigenvalue weighted by atomic mass is 15.1. The molecule has 0 bridgehead atoms. The molecule has 5 heteroatoms. The average molecular weight is 402 g/mol. The molecule has 0 aliphatic carbocycles. The number of aromatic nitrogens is 3. The summed E-state index contributed by atoms with van der Waals surface area (Å²) in [5, 5.41) is 4.59. The number of nitrogen functional groups attached to an aromatic ring is 1. The Labute approximate surface area is 178 Å². The summed E-state index contributed by atoms with van der Waals surface area (Å²) in [4.78, 5) is 9.51. The van der Waals surface area contributed by atoms with Crippen LogP contribution in [0.4, 0.5) is 11.5 Å². The average Bonchev–Trinajstić information content (AvgIpc) is 3.13. The molecule has 0 atom stereocenters. The van der Waals surface area contributed by atoms with Crippen molar-refractivity contribution in [1.29, 1.82) is 0 Å². The number of nitrogens with one attached hydrogen (secondary N) is 1. The summed E-state index contributed by atoms with van der Waals surface area (Å²) >= 11 is 0. The number of hydrogen-bond acceptors (Lipinski definition) is 4. The van der Waals surface area contributed by atoms with Crippen molar-refractivity contribution < 1.29 is 0 Å². The van der Waals surface area contributed by atoms with Crippen molar-refractivity contribution in [2.45, 2.75) is 52.5 Å². The van der Waals surface area contributed by atoms with Gasteiger partial charge >= 0.3 is 0 Å². The Morgan fingerprint density at radius 3 is 2.47 bits per heavy atom. The van der Waals surface area contributed by atoms with E-state index < -0.39 is 0 Å². The van der Waals surface area contributed by atoms with Gasteiger partial charge < -0.3 is 15.6 Å². The highest BCUT2D eigenvalue weighted by Gasteiger charge is 2.17. The molecule has 0 unspecified atom stereocenters. The predicted octanol–water partition coefficient (Wildman–Crippen LogP) is 5.77. The summed E-state index contributed by atoms with van der Waals surface area (Å²) in [6.07, 6.45) is 5.57. The van der Waals surface area contributed by atoms with Gasteiger partial charge in [0.15, 0.2) is 5.82 Å². The molecule has 2 aromatic carbocycles. The Bertz CT molecular complexity index is 1130. The smallest absolute Gasteiger partial charge is 0.152 e. The highest BCUT2D eigenvalue weighted by Crippen LogP contribution is 2.30. The molecule has 4 rings (SSSR count). The molecule has 0 saturated carbocycles. The van der Waals surface area contributed by atoms with Gasteiger partial charge in [0.1, 0.15) is 11.3 Å². The Hall–Kier alpha value is -3.08. The van der Waals surface area contributed by atoms with Gasteiger partial charge in [-0.15, -0.1) is 0 Å². The quantitative estimate of drug-likeness (QED) is 0.349. The maximum Gasteiger partial charge on any atom is 0.152 e. The van der Waals surface area contributed by atoms with Crippen LogP contribution < -0.4 is 11.1 Å². The number of hydrogen-bond donors (Lipinski definition) is 2. The van der Waals surface area contributed by atoms with Crippen LogP contribution in [0, 0.1) is 0 Å². The lowest BCUT2D eigenvalue weighted by atomic mass is 10.1. The lowest BCUT2D eigenvalue weighted by Crippen LogP contribution is -2.06. The topological polar surface area (TPSA) is 68.8 Å². The zero-order valence-corrected chi connectivity index (χ0v) is 18.0. The Morgan fingerprint density at radius 1 is 0.933 bits per heavy atom. The first-order valence-electron chi connectivity index (χ1n) is 11.1. The maximum atomic E-state index is 6.31. The molecule has 3 N–H and O–H groups in total. The van der Waals surface area contributed by atoms with E-state index >= 15 is 0 Å². The lowest BCUT2D eigenvalue weighted by molar-refractivity contribution is 0.690. The van der Waals surface area contributed by atoms with E-state index in [0.29, 0.717) is 5.82 Å². The number of rotatable bonds is 9. The van der Waals surface area contributed by atoms with Crippen molar-refractivity contribution in [2.24, 2.45) is 0 Å². The van der Waals surface area contributed by atoms with Crippen LogP contribution in [0.25, 0.3) is 21.9 Å². The lowest BCUT2D eigenvalue weighted by Gasteiger charge is -2.12. The van der Waals surface area contributed by atoms with Crippen molar-refractivity contribution >= 4 is 33.4 Å². The molecule has 0 aliphatic heterocycles. The minimum absolute atomic E-state index is 0.510. The van der Waals surface area contributed by atoms with Gasteiger partial charge in [0.25, 0.3) is 0 Å². The summed E-state index contributed by atoms with van der Waals surface area (Å²) in [5.41, 5.74) is 11.6. The van der Waals surface area contributed by atoms with E-state index in [4.69, 9.17) is 10.7 Å². The van der Waals surface area contributed by atoms with Crippen molar-refractivity contribution in [3.63, 3.8) is 0 Å². The fraction of sp³-hybridized carbons (Fsp3) is 0.360. The predicted molar refractivity (Wildman–Crippen MR) is 127 cm³/mol. The van der Waals surface area contributed by atoms with Crippen LogP contribution >= 0.6 is 0 Å². The van der Waals surface area contributed by atoms with Crippen LogP contribution in [0.3, 0.4) is 0 Å². The molecule has 2 heterocycles. The molecule has 4 aromatic rings. The number of aryl methyl sites for hydroxylation is 1. The number of unbranched alkanes of at least 4 members (excludes halogenated alkanes) is 2. The first-order chi connectivity index (χ1) is 14.7. The minimum Gasteiger partial charge on any atom is -0.385 e. The molecular weight excluding hydrogens is 370 g/mol. The molecule has 30 heavy (non-hydrogen) atoms. The SMILES string of the molecule is CCCCNc1ccc(Cn2c(CCCC)nc3c(N)nc4ccccc4c32)cc1. The summed E-state index contributed by atoms with van der Waals surface area (Å²) in [7, 11) is 0. The number of imidazole rings is 1. The zero-order valence-electron chi connectivity index (χ0n) is 18.0. The van der Waals surface area contributed by atoms with E-state index in [2.05, 4.69) is 65.1 Å². The van der Waals surface area contributed by atoms with Crippen LogP contribution in [0.2, 0.25) is 0 Å². The van der Waals surface area contributed by atoms with Crippen LogP contribution in [-0.4, -0.2) is 21.1 Å². The van der Waals surface area contributed by atoms with Gasteiger partial charge in [-0.2, -0.15) is 0 Å². The number of anilines is 2. The number of nitrogens with two attached hydrogens (primary N) is 1. The van der Waals surface area contributed by atoms with Crippen molar-refractivity contribution in [1.82, 2.24) is 14.5 Å². The van der Waals surface area contributed by atoms with Gasteiger partial charge in [-0.1, -0.05) is 57.0 Å². The fourth-order valence-electron chi connectivity index (χ4n) is 3.92. The summed E-state index contributed by atoms with van der Waals surface area (Å²) < 4.78 is 2.34. The van der Waals surface area contributed by atoms with Crippen molar-refractivity contribution in [2.75, 3.05) is 17.6 Å². The number of nitrogens with zero attached hydrogens (tertiary/aromatic N) is 3. The highest BCUT2D eigenvalue weighted by molar-refractivity contribution is 6.06. The molecule has 0 fully saturated rings. The molecule has 0 saturated heterocycles. The third kappa shape index (κ3) is 4.11. The first-order valence-corrected chi connectivity index (χ1v) is 11.1. The van der Waals surface area contributed by atoms with Crippen LogP contribution in [0.1, 0.15) is 50.9 Å². The van der Waals surface area contributed by atoms with E-state index in [1.165, 1.54) is 24.1 Å². The van der Waals surface area contributed by atoms with E-state index in [1.807, 2.05) is 12.1 Å². The van der Waals surface area contributed by atoms with Crippen molar-refractivity contribution in [3.8, 4) is 0 Å². The maximum absolute atomic E-state index is 6.31. The summed E-state index contributed by atoms with van der Waals surface area (Å²) in [6, 6.07) is 16.9. The Morgan fingerprint density at radius 2 is 1.70 bits per heavy atom. The number of para-hydroxylation sites is 1. The molecule has 2 aromatic heterocycles. The second kappa shape index (κ2) is 9.16. The monoisotopic (exact) mass is 401 g/mol. The van der Waals surface area contributed by atoms with Crippen LogP contribution in [0.15, 0.2) is 48.5 Å². The van der Waals surface area contributed by atoms with Crippen LogP contribution in [-0.2, 0) is 13.0 Å². The van der Waals surface area contributed by atoms with Gasteiger partial charge in [-0.05, 0) is 36.6 Å². The minimum atomic E-state index is 0.510. The molecule has 5 nitrogen and oxygen atoms in total. The first kappa shape index (κ1) is 20.2. The van der Waals surface area contributed by atoms with Crippen LogP contribution in [0.5, 0.6) is 0 Å². The van der Waals surface area contributed by atoms with Gasteiger partial charge in [0.2, 0.25) is 0 Å². The number of fused-ring (bicyclic) bond motifs is 3. The normalized spacial score (nSPS) is 11.4. The van der Waals surface area contributed by atoms with Gasteiger partial charge in [-0.25, -0.2) is 9.97 Å². The third-order valence-corrected chi connectivity index (χ3v) is 5.60. The third-order valence-electron chi connectivity index (χ3n) is 5.60. The van der Waals surface area contributed by atoms with Gasteiger partial charge in [-0.3, -0.25) is 0 Å². The largest absolute Gasteiger partial charge is 0.385 e. The van der Waals surface area contributed by atoms with Crippen molar-refractivity contribution in [3.05, 3.63) is 59.9 Å². The molecule has 156 valence electrons. The zero-order chi connectivity index (χ0) is 20.9. The summed E-state index contributed by atoms with van der Waals surface area (Å²) in [5.74, 6) is 1.59. The fourth-order valence-corrected chi connectivity index (χ4v) is 3.92. The molecule has 0 spiro atoms. The van der Waals surface area contributed by atoms with E-state index in [1.54, 1.807) is 0 Å². The van der Waals surface area contributed by atoms with E-state index in [0.717, 1.165) is 60.1 Å². The second-order valence-corrected chi connectivity index (χ2v) is 7.91. The van der Waals surface area contributed by atoms with E-state index in [9.17, 15) is 0 Å². The molecular formula is C25H31N5. The van der Waals surface area contributed by atoms with E-state index in [-0.39, 0.29) is 0 Å². The Balaban J connectivity index is 1.74. The molecule has 0 amide bonds.